The first-order valence-electron chi connectivity index (χ1n) is 10.4. The van der Waals surface area contributed by atoms with Gasteiger partial charge in [0.2, 0.25) is 6.61 Å². The molecule has 0 aromatic carbocycles. The third-order valence-corrected chi connectivity index (χ3v) is 6.54. The zero-order valence-corrected chi connectivity index (χ0v) is 19.5. The number of hydrogen-bond donors (Lipinski definition) is 1. The number of carbonyl (C=O) groups is 1. The Balaban J connectivity index is 2.30. The van der Waals surface area contributed by atoms with Gasteiger partial charge in [0.05, 0.1) is 5.56 Å². The maximum absolute atomic E-state index is 14.6. The third-order valence-electron chi connectivity index (χ3n) is 5.47. The van der Waals surface area contributed by atoms with Crippen LogP contribution in [0, 0.1) is 5.92 Å². The Morgan fingerprint density at radius 2 is 2.00 bits per heavy atom. The lowest BCUT2D eigenvalue weighted by atomic mass is 9.92. The molecule has 1 unspecified atom stereocenters. The number of aliphatic carboxylic acids is 1. The van der Waals surface area contributed by atoms with Crippen LogP contribution in [0.15, 0.2) is 46.3 Å². The fraction of sp³-hybridized carbons (Fsp3) is 0.458. The first-order valence-corrected chi connectivity index (χ1v) is 11.3. The van der Waals surface area contributed by atoms with Crippen molar-refractivity contribution in [2.45, 2.75) is 66.2 Å². The molecule has 176 valence electrons. The Morgan fingerprint density at radius 3 is 2.56 bits per heavy atom. The van der Waals surface area contributed by atoms with Gasteiger partial charge in [0.25, 0.3) is 5.76 Å². The highest BCUT2D eigenvalue weighted by atomic mass is 32.1. The van der Waals surface area contributed by atoms with Gasteiger partial charge in [-0.2, -0.15) is 13.2 Å². The van der Waals surface area contributed by atoms with Crippen LogP contribution in [0.5, 0.6) is 0 Å². The second kappa shape index (κ2) is 11.0. The molecule has 0 spiro atoms. The minimum absolute atomic E-state index is 0.000809. The summed E-state index contributed by atoms with van der Waals surface area (Å²) in [4.78, 5) is 9.95. The summed E-state index contributed by atoms with van der Waals surface area (Å²) in [7, 11) is 0. The topological polar surface area (TPSA) is 50.1 Å². The predicted molar refractivity (Wildman–Crippen MR) is 120 cm³/mol. The Labute approximate surface area is 189 Å². The monoisotopic (exact) mass is 473 g/mol. The zero-order valence-electron chi connectivity index (χ0n) is 18.6. The second-order valence-corrected chi connectivity index (χ2v) is 8.82. The lowest BCUT2D eigenvalue weighted by Crippen LogP contribution is -2.11. The van der Waals surface area contributed by atoms with Crippen LogP contribution in [-0.2, 0) is 17.6 Å². The molecule has 1 aliphatic rings. The van der Waals surface area contributed by atoms with E-state index in [1.165, 1.54) is 11.5 Å². The molecular weight excluding hydrogens is 444 g/mol. The van der Waals surface area contributed by atoms with E-state index in [1.807, 2.05) is 20.8 Å². The lowest BCUT2D eigenvalue weighted by molar-refractivity contribution is -0.137. The van der Waals surface area contributed by atoms with E-state index in [0.717, 1.165) is 11.1 Å². The van der Waals surface area contributed by atoms with Crippen molar-refractivity contribution in [2.24, 2.45) is 5.92 Å². The SMILES string of the molecule is C/C=C([OH+]Cc1c(C2=CCC(C)C=C2F)csc1C(F)(F)F)\C(C)=C(\C)CCCC(=O)O. The van der Waals surface area contributed by atoms with Crippen LogP contribution >= 0.6 is 11.3 Å². The number of rotatable bonds is 9. The Bertz CT molecular complexity index is 964. The minimum Gasteiger partial charge on any atom is -0.579 e. The average Bonchev–Trinajstić information content (AvgIpc) is 3.12. The zero-order chi connectivity index (χ0) is 24.1. The maximum Gasteiger partial charge on any atom is 0.426 e. The molecule has 1 aliphatic carbocycles. The number of allylic oxidation sites excluding steroid dienone is 7. The molecule has 2 rings (SSSR count). The van der Waals surface area contributed by atoms with Gasteiger partial charge in [-0.25, -0.2) is 4.39 Å². The van der Waals surface area contributed by atoms with Crippen molar-refractivity contribution in [3.05, 3.63) is 62.3 Å². The van der Waals surface area contributed by atoms with E-state index < -0.39 is 22.8 Å². The molecule has 3 nitrogen and oxygen atoms in total. The van der Waals surface area contributed by atoms with Gasteiger partial charge < -0.3 is 9.84 Å². The van der Waals surface area contributed by atoms with Gasteiger partial charge in [0.15, 0.2) is 0 Å². The van der Waals surface area contributed by atoms with Gasteiger partial charge in [-0.3, -0.25) is 4.79 Å². The molecule has 1 aromatic rings. The number of hydrogen-bond acceptors (Lipinski definition) is 2. The summed E-state index contributed by atoms with van der Waals surface area (Å²) < 4.78 is 60.0. The van der Waals surface area contributed by atoms with Crippen LogP contribution in [0.1, 0.15) is 69.4 Å². The standard InChI is InChI=1S/C24H28F4O3S/c1-5-21(16(4)15(3)7-6-8-22(29)30)31-12-18-19(13-32-23(18)24(26,27)28)17-10-9-14(2)11-20(17)25/h5,10-11,13-14H,6-9,12H2,1-4H3,(H,29,30)/p+1/b16-15-,21-5+. The average molecular weight is 474 g/mol. The number of ether oxygens (including phenoxy) is 1. The molecule has 1 heterocycles. The van der Waals surface area contributed by atoms with Crippen LogP contribution < -0.4 is 0 Å². The summed E-state index contributed by atoms with van der Waals surface area (Å²) in [5, 5.41) is 10.2. The van der Waals surface area contributed by atoms with Crippen LogP contribution in [0.25, 0.3) is 5.57 Å². The molecule has 0 fully saturated rings. The van der Waals surface area contributed by atoms with Crippen molar-refractivity contribution in [1.29, 1.82) is 0 Å². The molecule has 0 radical (unpaired) electrons. The van der Waals surface area contributed by atoms with E-state index in [4.69, 9.17) is 5.11 Å². The van der Waals surface area contributed by atoms with E-state index in [1.54, 1.807) is 19.1 Å². The van der Waals surface area contributed by atoms with Gasteiger partial charge >= 0.3 is 12.1 Å². The highest BCUT2D eigenvalue weighted by Gasteiger charge is 2.38. The predicted octanol–water partition coefficient (Wildman–Crippen LogP) is 7.57. The number of carboxylic acids is 1. The molecule has 0 aliphatic heterocycles. The number of thiophene rings is 1. The summed E-state index contributed by atoms with van der Waals surface area (Å²) >= 11 is 0.561. The van der Waals surface area contributed by atoms with Crippen LogP contribution in [0.4, 0.5) is 17.6 Å². The lowest BCUT2D eigenvalue weighted by Gasteiger charge is -2.17. The van der Waals surface area contributed by atoms with Gasteiger partial charge in [0.1, 0.15) is 10.7 Å². The molecule has 1 atom stereocenters. The van der Waals surface area contributed by atoms with Crippen LogP contribution in [0.3, 0.4) is 0 Å². The third kappa shape index (κ3) is 6.58. The Morgan fingerprint density at radius 1 is 1.31 bits per heavy atom. The van der Waals surface area contributed by atoms with Crippen molar-refractivity contribution in [2.75, 3.05) is 0 Å². The summed E-state index contributed by atoms with van der Waals surface area (Å²) in [5.74, 6) is -0.832. The van der Waals surface area contributed by atoms with E-state index >= 15 is 0 Å². The van der Waals surface area contributed by atoms with Crippen LogP contribution in [0.2, 0.25) is 0 Å². The number of alkyl halides is 3. The Hall–Kier alpha value is -2.35. The Kier molecular flexibility index (Phi) is 8.89. The smallest absolute Gasteiger partial charge is 0.426 e. The molecule has 0 amide bonds. The molecular formula is C24H29F4O3S+. The van der Waals surface area contributed by atoms with Crippen molar-refractivity contribution in [3.63, 3.8) is 0 Å². The first kappa shape index (κ1) is 25.9. The minimum atomic E-state index is -4.55. The quantitative estimate of drug-likeness (QED) is 0.174. The highest BCUT2D eigenvalue weighted by molar-refractivity contribution is 7.10. The number of halogens is 4. The molecule has 2 N–H and O–H groups in total. The number of aliphatic hydroxyl groups is 2. The van der Waals surface area contributed by atoms with Gasteiger partial charge in [-0.15, -0.1) is 11.3 Å². The summed E-state index contributed by atoms with van der Waals surface area (Å²) in [5.41, 5.74) is 2.14. The van der Waals surface area contributed by atoms with Crippen LogP contribution in [-0.4, -0.2) is 15.8 Å². The number of carboxylic acid groups (broad SMARTS) is 1. The fourth-order valence-electron chi connectivity index (χ4n) is 3.55. The largest absolute Gasteiger partial charge is 0.579 e. The maximum atomic E-state index is 14.6. The summed E-state index contributed by atoms with van der Waals surface area (Å²) in [6.07, 6.45) is 1.90. The second-order valence-electron chi connectivity index (χ2n) is 7.94. The van der Waals surface area contributed by atoms with Gasteiger partial charge in [-0.05, 0) is 57.4 Å². The summed E-state index contributed by atoms with van der Waals surface area (Å²) in [6.45, 7) is 7.06. The fourth-order valence-corrected chi connectivity index (χ4v) is 4.51. The van der Waals surface area contributed by atoms with Gasteiger partial charge in [0, 0.05) is 29.2 Å². The molecule has 0 bridgehead atoms. The van der Waals surface area contributed by atoms with E-state index in [9.17, 15) is 22.4 Å². The molecule has 0 saturated carbocycles. The molecule has 8 heteroatoms. The van der Waals surface area contributed by atoms with Crippen molar-refractivity contribution >= 4 is 22.9 Å². The first-order chi connectivity index (χ1) is 15.0. The van der Waals surface area contributed by atoms with Crippen molar-refractivity contribution < 1.29 is 32.2 Å². The molecule has 0 saturated heterocycles. The van der Waals surface area contributed by atoms with E-state index in [2.05, 4.69) is 4.74 Å². The highest BCUT2D eigenvalue weighted by Crippen LogP contribution is 2.43. The normalized spacial score (nSPS) is 18.1. The van der Waals surface area contributed by atoms with E-state index in [-0.39, 0.29) is 35.6 Å². The summed E-state index contributed by atoms with van der Waals surface area (Å²) in [6, 6.07) is 0. The van der Waals surface area contributed by atoms with E-state index in [0.29, 0.717) is 36.4 Å². The van der Waals surface area contributed by atoms with Crippen molar-refractivity contribution in [1.82, 2.24) is 0 Å². The van der Waals surface area contributed by atoms with Gasteiger partial charge in [-0.1, -0.05) is 18.6 Å². The molecule has 32 heavy (non-hydrogen) atoms. The molecule has 1 aromatic heterocycles. The van der Waals surface area contributed by atoms with Crippen molar-refractivity contribution in [3.8, 4) is 0 Å².